The van der Waals surface area contributed by atoms with Crippen LogP contribution in [0.4, 0.5) is 5.69 Å². The summed E-state index contributed by atoms with van der Waals surface area (Å²) in [5.74, 6) is -1.000. The number of benzene rings is 2. The predicted molar refractivity (Wildman–Crippen MR) is 105 cm³/mol. The van der Waals surface area contributed by atoms with Crippen LogP contribution >= 0.6 is 0 Å². The lowest BCUT2D eigenvalue weighted by atomic mass is 10.2. The summed E-state index contributed by atoms with van der Waals surface area (Å²) >= 11 is 0. The summed E-state index contributed by atoms with van der Waals surface area (Å²) in [5.41, 5.74) is 4.06. The molecule has 0 bridgehead atoms. The van der Waals surface area contributed by atoms with Crippen molar-refractivity contribution in [3.05, 3.63) is 83.2 Å². The number of carbonyl (C=O) groups is 2. The molecule has 1 N–H and O–H groups in total. The van der Waals surface area contributed by atoms with E-state index in [2.05, 4.69) is 5.32 Å². The van der Waals surface area contributed by atoms with Crippen LogP contribution in [0.25, 0.3) is 5.69 Å². The first-order valence-corrected chi connectivity index (χ1v) is 8.71. The largest absolute Gasteiger partial charge is 0.452 e. The summed E-state index contributed by atoms with van der Waals surface area (Å²) in [4.78, 5) is 24.5. The Bertz CT molecular complexity index is 1050. The van der Waals surface area contributed by atoms with Crippen LogP contribution in [0.2, 0.25) is 0 Å². The minimum atomic E-state index is -0.551. The van der Waals surface area contributed by atoms with Crippen molar-refractivity contribution in [1.82, 2.24) is 4.57 Å². The lowest BCUT2D eigenvalue weighted by Gasteiger charge is -2.10. The van der Waals surface area contributed by atoms with E-state index in [1.54, 1.807) is 30.3 Å². The number of aromatic nitrogens is 1. The predicted octanol–water partition coefficient (Wildman–Crippen LogP) is 3.76. The zero-order valence-electron chi connectivity index (χ0n) is 15.6. The van der Waals surface area contributed by atoms with E-state index in [0.717, 1.165) is 17.1 Å². The normalized spacial score (nSPS) is 10.2. The molecule has 1 heterocycles. The van der Waals surface area contributed by atoms with E-state index >= 15 is 0 Å². The Balaban J connectivity index is 1.65. The second-order valence-corrected chi connectivity index (χ2v) is 6.27. The van der Waals surface area contributed by atoms with Gasteiger partial charge in [0, 0.05) is 22.8 Å². The fourth-order valence-electron chi connectivity index (χ4n) is 2.98. The molecule has 2 aromatic carbocycles. The third-order valence-electron chi connectivity index (χ3n) is 4.30. The number of anilines is 1. The van der Waals surface area contributed by atoms with E-state index in [0.29, 0.717) is 16.8 Å². The van der Waals surface area contributed by atoms with Gasteiger partial charge in [0.05, 0.1) is 17.2 Å². The summed E-state index contributed by atoms with van der Waals surface area (Å²) in [6.07, 6.45) is 0. The number of nitrogens with one attached hydrogen (secondary N) is 1. The van der Waals surface area contributed by atoms with E-state index in [1.165, 1.54) is 0 Å². The first-order valence-electron chi connectivity index (χ1n) is 8.71. The van der Waals surface area contributed by atoms with Crippen molar-refractivity contribution < 1.29 is 14.3 Å². The lowest BCUT2D eigenvalue weighted by molar-refractivity contribution is -0.119. The summed E-state index contributed by atoms with van der Waals surface area (Å²) in [7, 11) is 0. The fraction of sp³-hybridized carbons (Fsp3) is 0.136. The van der Waals surface area contributed by atoms with E-state index in [9.17, 15) is 9.59 Å². The fourth-order valence-corrected chi connectivity index (χ4v) is 2.98. The average molecular weight is 373 g/mol. The topological polar surface area (TPSA) is 84.1 Å². The Labute approximate surface area is 163 Å². The molecular formula is C22H19N3O3. The molecule has 0 spiro atoms. The molecule has 3 aromatic rings. The van der Waals surface area contributed by atoms with Gasteiger partial charge in [-0.2, -0.15) is 5.26 Å². The van der Waals surface area contributed by atoms with Gasteiger partial charge in [-0.25, -0.2) is 4.79 Å². The van der Waals surface area contributed by atoms with Crippen LogP contribution in [0.3, 0.4) is 0 Å². The maximum atomic E-state index is 12.5. The summed E-state index contributed by atoms with van der Waals surface area (Å²) in [6.45, 7) is 3.36. The van der Waals surface area contributed by atoms with Gasteiger partial charge in [0.15, 0.2) is 6.61 Å². The standard InChI is InChI=1S/C22H19N3O3/c1-15-12-20(16(2)25(15)19-6-4-3-5-7-19)22(27)28-14-21(26)24-18-10-8-17(13-23)9-11-18/h3-12H,14H2,1-2H3,(H,24,26). The number of nitrogens with zero attached hydrogens (tertiary/aromatic N) is 2. The zero-order valence-corrected chi connectivity index (χ0v) is 15.6. The van der Waals surface area contributed by atoms with Crippen molar-refractivity contribution >= 4 is 17.6 Å². The van der Waals surface area contributed by atoms with Gasteiger partial charge in [-0.05, 0) is 56.3 Å². The van der Waals surface area contributed by atoms with Crippen LogP contribution in [0.5, 0.6) is 0 Å². The maximum absolute atomic E-state index is 12.5. The highest BCUT2D eigenvalue weighted by atomic mass is 16.5. The number of rotatable bonds is 5. The van der Waals surface area contributed by atoms with Crippen LogP contribution in [-0.2, 0) is 9.53 Å². The van der Waals surface area contributed by atoms with E-state index < -0.39 is 18.5 Å². The Kier molecular flexibility index (Phi) is 5.56. The Morgan fingerprint density at radius 2 is 1.75 bits per heavy atom. The lowest BCUT2D eigenvalue weighted by Crippen LogP contribution is -2.21. The number of hydrogen-bond acceptors (Lipinski definition) is 4. The third-order valence-corrected chi connectivity index (χ3v) is 4.30. The number of aryl methyl sites for hydroxylation is 1. The molecule has 0 radical (unpaired) electrons. The van der Waals surface area contributed by atoms with Crippen LogP contribution in [-0.4, -0.2) is 23.1 Å². The summed E-state index contributed by atoms with van der Waals surface area (Å²) < 4.78 is 7.14. The van der Waals surface area contributed by atoms with Crippen molar-refractivity contribution in [2.45, 2.75) is 13.8 Å². The molecule has 28 heavy (non-hydrogen) atoms. The minimum absolute atomic E-state index is 0.395. The van der Waals surface area contributed by atoms with Gasteiger partial charge in [0.25, 0.3) is 5.91 Å². The highest BCUT2D eigenvalue weighted by Gasteiger charge is 2.18. The monoisotopic (exact) mass is 373 g/mol. The molecule has 6 nitrogen and oxygen atoms in total. The van der Waals surface area contributed by atoms with Gasteiger partial charge in [-0.1, -0.05) is 18.2 Å². The SMILES string of the molecule is Cc1cc(C(=O)OCC(=O)Nc2ccc(C#N)cc2)c(C)n1-c1ccccc1. The molecule has 1 amide bonds. The molecule has 3 rings (SSSR count). The molecule has 0 saturated carbocycles. The van der Waals surface area contributed by atoms with Crippen LogP contribution < -0.4 is 5.32 Å². The zero-order chi connectivity index (χ0) is 20.1. The highest BCUT2D eigenvalue weighted by Crippen LogP contribution is 2.21. The van der Waals surface area contributed by atoms with Crippen molar-refractivity contribution in [1.29, 1.82) is 5.26 Å². The molecule has 0 unspecified atom stereocenters. The van der Waals surface area contributed by atoms with Crippen molar-refractivity contribution in [3.63, 3.8) is 0 Å². The first-order chi connectivity index (χ1) is 13.5. The molecule has 140 valence electrons. The number of nitriles is 1. The number of ether oxygens (including phenoxy) is 1. The smallest absolute Gasteiger partial charge is 0.340 e. The molecule has 0 aliphatic rings. The Hall–Kier alpha value is -3.85. The maximum Gasteiger partial charge on any atom is 0.340 e. The number of para-hydroxylation sites is 1. The molecular weight excluding hydrogens is 354 g/mol. The van der Waals surface area contributed by atoms with Crippen molar-refractivity contribution in [2.24, 2.45) is 0 Å². The second kappa shape index (κ2) is 8.23. The van der Waals surface area contributed by atoms with Crippen LogP contribution in [0.15, 0.2) is 60.7 Å². The Morgan fingerprint density at radius 3 is 2.39 bits per heavy atom. The summed E-state index contributed by atoms with van der Waals surface area (Å²) in [5, 5.41) is 11.4. The number of hydrogen-bond donors (Lipinski definition) is 1. The summed E-state index contributed by atoms with van der Waals surface area (Å²) in [6, 6.07) is 19.9. The second-order valence-electron chi connectivity index (χ2n) is 6.27. The minimum Gasteiger partial charge on any atom is -0.452 e. The van der Waals surface area contributed by atoms with Gasteiger partial charge < -0.3 is 14.6 Å². The molecule has 6 heteroatoms. The van der Waals surface area contributed by atoms with Crippen LogP contribution in [0.1, 0.15) is 27.3 Å². The van der Waals surface area contributed by atoms with Crippen molar-refractivity contribution in [3.8, 4) is 11.8 Å². The Morgan fingerprint density at radius 1 is 1.07 bits per heavy atom. The number of esters is 1. The van der Waals surface area contributed by atoms with E-state index in [4.69, 9.17) is 10.00 Å². The molecule has 1 aromatic heterocycles. The van der Waals surface area contributed by atoms with Gasteiger partial charge in [-0.3, -0.25) is 4.79 Å². The van der Waals surface area contributed by atoms with Gasteiger partial charge in [0.2, 0.25) is 0 Å². The van der Waals surface area contributed by atoms with E-state index in [1.807, 2.05) is 54.8 Å². The number of amides is 1. The van der Waals surface area contributed by atoms with Gasteiger partial charge in [0.1, 0.15) is 0 Å². The number of carbonyl (C=O) groups excluding carboxylic acids is 2. The molecule has 0 fully saturated rings. The first kappa shape index (κ1) is 18.9. The average Bonchev–Trinajstić information content (AvgIpc) is 3.01. The molecule has 0 aliphatic carbocycles. The molecule has 0 atom stereocenters. The van der Waals surface area contributed by atoms with Gasteiger partial charge in [-0.15, -0.1) is 0 Å². The highest BCUT2D eigenvalue weighted by molar-refractivity contribution is 5.96. The quantitative estimate of drug-likeness (QED) is 0.690. The van der Waals surface area contributed by atoms with Gasteiger partial charge >= 0.3 is 5.97 Å². The third kappa shape index (κ3) is 4.10. The van der Waals surface area contributed by atoms with Crippen LogP contribution in [0, 0.1) is 25.2 Å². The molecule has 0 aliphatic heterocycles. The molecule has 0 saturated heterocycles. The van der Waals surface area contributed by atoms with E-state index in [-0.39, 0.29) is 0 Å². The van der Waals surface area contributed by atoms with Crippen molar-refractivity contribution in [2.75, 3.05) is 11.9 Å².